The lowest BCUT2D eigenvalue weighted by Gasteiger charge is -2.15. The van der Waals surface area contributed by atoms with E-state index in [1.54, 1.807) is 6.07 Å². The molecular weight excluding hydrogens is 420 g/mol. The summed E-state index contributed by atoms with van der Waals surface area (Å²) in [6.07, 6.45) is 0.639. The topological polar surface area (TPSA) is 110 Å². The molecule has 152 valence electrons. The number of hydrogen-bond acceptors (Lipinski definition) is 6. The van der Waals surface area contributed by atoms with Crippen LogP contribution in [0.1, 0.15) is 34.1 Å². The number of sulfonamides is 1. The maximum absolute atomic E-state index is 12.5. The molecule has 0 radical (unpaired) electrons. The van der Waals surface area contributed by atoms with E-state index in [1.807, 2.05) is 6.92 Å². The van der Waals surface area contributed by atoms with E-state index in [1.165, 1.54) is 36.4 Å². The van der Waals surface area contributed by atoms with Gasteiger partial charge in [0.15, 0.2) is 0 Å². The summed E-state index contributed by atoms with van der Waals surface area (Å²) < 4.78 is 30.6. The van der Waals surface area contributed by atoms with Crippen LogP contribution >= 0.6 is 11.6 Å². The minimum atomic E-state index is -4.09. The van der Waals surface area contributed by atoms with Crippen LogP contribution in [-0.4, -0.2) is 43.7 Å². The van der Waals surface area contributed by atoms with Gasteiger partial charge >= 0.3 is 5.97 Å². The normalized spacial score (nSPS) is 14.4. The Bertz CT molecular complexity index is 1100. The van der Waals surface area contributed by atoms with Crippen LogP contribution in [-0.2, 0) is 19.6 Å². The number of hydrogen-bond donors (Lipinski definition) is 1. The zero-order valence-corrected chi connectivity index (χ0v) is 16.9. The maximum Gasteiger partial charge on any atom is 0.339 e. The lowest BCUT2D eigenvalue weighted by Crippen LogP contribution is -2.37. The molecule has 2 aromatic carbocycles. The number of esters is 1. The van der Waals surface area contributed by atoms with Crippen LogP contribution in [0, 0.1) is 0 Å². The fraction of sp³-hybridized carbons (Fsp3) is 0.211. The molecular formula is C19H17ClN2O6S. The Balaban J connectivity index is 1.75. The molecule has 0 atom stereocenters. The average Bonchev–Trinajstić information content (AvgIpc) is 2.88. The second-order valence-electron chi connectivity index (χ2n) is 6.19. The standard InChI is InChI=1S/C19H17ClN2O6S/c1-2-9-28-19(25)14-10-12(7-8-15(14)20)21-17(23)11-22-18(24)13-5-3-4-6-16(13)29(22,26)27/h3-8,10H,2,9,11H2,1H3,(H,21,23). The molecule has 10 heteroatoms. The van der Waals surface area contributed by atoms with E-state index in [0.29, 0.717) is 10.7 Å². The molecule has 0 aliphatic carbocycles. The molecule has 1 N–H and O–H groups in total. The first-order valence-electron chi connectivity index (χ1n) is 8.68. The third-order valence-corrected chi connectivity index (χ3v) is 6.22. The molecule has 1 heterocycles. The number of carbonyl (C=O) groups is 3. The van der Waals surface area contributed by atoms with Crippen molar-refractivity contribution in [2.24, 2.45) is 0 Å². The zero-order valence-electron chi connectivity index (χ0n) is 15.3. The summed E-state index contributed by atoms with van der Waals surface area (Å²) in [5, 5.41) is 2.62. The van der Waals surface area contributed by atoms with Crippen LogP contribution in [0.15, 0.2) is 47.4 Å². The van der Waals surface area contributed by atoms with Gasteiger partial charge in [-0.2, -0.15) is 0 Å². The van der Waals surface area contributed by atoms with Crippen molar-refractivity contribution in [3.8, 4) is 0 Å². The number of fused-ring (bicyclic) bond motifs is 1. The van der Waals surface area contributed by atoms with E-state index in [0.717, 1.165) is 0 Å². The van der Waals surface area contributed by atoms with Gasteiger partial charge in [0.05, 0.1) is 22.8 Å². The minimum absolute atomic E-state index is 0.0211. The van der Waals surface area contributed by atoms with Crippen LogP contribution in [0.2, 0.25) is 5.02 Å². The van der Waals surface area contributed by atoms with Gasteiger partial charge in [0.25, 0.3) is 15.9 Å². The molecule has 0 saturated carbocycles. The number of carbonyl (C=O) groups excluding carboxylic acids is 3. The Kier molecular flexibility index (Phi) is 5.90. The number of nitrogens with zero attached hydrogens (tertiary/aromatic N) is 1. The Morgan fingerprint density at radius 3 is 2.59 bits per heavy atom. The van der Waals surface area contributed by atoms with Gasteiger partial charge in [-0.25, -0.2) is 17.5 Å². The summed E-state index contributed by atoms with van der Waals surface area (Å²) >= 11 is 6.01. The van der Waals surface area contributed by atoms with Gasteiger partial charge in [0, 0.05) is 5.69 Å². The van der Waals surface area contributed by atoms with Crippen molar-refractivity contribution in [1.82, 2.24) is 4.31 Å². The third kappa shape index (κ3) is 4.10. The van der Waals surface area contributed by atoms with E-state index in [4.69, 9.17) is 16.3 Å². The van der Waals surface area contributed by atoms with Crippen molar-refractivity contribution in [2.75, 3.05) is 18.5 Å². The number of amides is 2. The second-order valence-corrected chi connectivity index (χ2v) is 8.43. The fourth-order valence-electron chi connectivity index (χ4n) is 2.75. The fourth-order valence-corrected chi connectivity index (χ4v) is 4.47. The second kappa shape index (κ2) is 8.22. The van der Waals surface area contributed by atoms with Crippen molar-refractivity contribution < 1.29 is 27.5 Å². The molecule has 1 aliphatic heterocycles. The Morgan fingerprint density at radius 1 is 1.17 bits per heavy atom. The van der Waals surface area contributed by atoms with E-state index in [-0.39, 0.29) is 33.3 Å². The summed E-state index contributed by atoms with van der Waals surface area (Å²) in [6.45, 7) is 1.37. The molecule has 1 aliphatic rings. The first kappa shape index (κ1) is 20.8. The van der Waals surface area contributed by atoms with Crippen molar-refractivity contribution >= 4 is 45.1 Å². The number of nitrogens with one attached hydrogen (secondary N) is 1. The van der Waals surface area contributed by atoms with Gasteiger partial charge in [-0.1, -0.05) is 30.7 Å². The predicted octanol–water partition coefficient (Wildman–Crippen LogP) is 2.69. The molecule has 8 nitrogen and oxygen atoms in total. The van der Waals surface area contributed by atoms with E-state index in [9.17, 15) is 22.8 Å². The van der Waals surface area contributed by atoms with Gasteiger partial charge < -0.3 is 10.1 Å². The molecule has 0 spiro atoms. The summed E-state index contributed by atoms with van der Waals surface area (Å²) in [7, 11) is -4.09. The van der Waals surface area contributed by atoms with Crippen LogP contribution in [0.3, 0.4) is 0 Å². The molecule has 3 rings (SSSR count). The van der Waals surface area contributed by atoms with Crippen LogP contribution < -0.4 is 5.32 Å². The smallest absolute Gasteiger partial charge is 0.339 e. The largest absolute Gasteiger partial charge is 0.462 e. The minimum Gasteiger partial charge on any atom is -0.462 e. The van der Waals surface area contributed by atoms with Crippen molar-refractivity contribution in [3.05, 3.63) is 58.6 Å². The summed E-state index contributed by atoms with van der Waals surface area (Å²) in [4.78, 5) is 36.7. The zero-order chi connectivity index (χ0) is 21.2. The first-order valence-corrected chi connectivity index (χ1v) is 10.5. The van der Waals surface area contributed by atoms with Crippen molar-refractivity contribution in [2.45, 2.75) is 18.2 Å². The van der Waals surface area contributed by atoms with Crippen LogP contribution in [0.5, 0.6) is 0 Å². The number of rotatable bonds is 6. The van der Waals surface area contributed by atoms with Gasteiger partial charge in [-0.15, -0.1) is 0 Å². The number of ether oxygens (including phenoxy) is 1. The Labute approximate surface area is 172 Å². The SMILES string of the molecule is CCCOC(=O)c1cc(NC(=O)CN2C(=O)c3ccccc3S2(=O)=O)ccc1Cl. The van der Waals surface area contributed by atoms with Gasteiger partial charge in [0.2, 0.25) is 5.91 Å². The summed E-state index contributed by atoms with van der Waals surface area (Å²) in [5.41, 5.74) is 0.298. The molecule has 2 amide bonds. The first-order chi connectivity index (χ1) is 13.8. The van der Waals surface area contributed by atoms with Crippen LogP contribution in [0.4, 0.5) is 5.69 Å². The molecule has 2 aromatic rings. The molecule has 29 heavy (non-hydrogen) atoms. The summed E-state index contributed by atoms with van der Waals surface area (Å²) in [5.74, 6) is -2.15. The van der Waals surface area contributed by atoms with E-state index < -0.39 is 34.4 Å². The van der Waals surface area contributed by atoms with Crippen LogP contribution in [0.25, 0.3) is 0 Å². The predicted molar refractivity (Wildman–Crippen MR) is 105 cm³/mol. The number of halogens is 1. The van der Waals surface area contributed by atoms with Gasteiger partial charge in [-0.05, 0) is 36.8 Å². The highest BCUT2D eigenvalue weighted by Gasteiger charge is 2.41. The average molecular weight is 437 g/mol. The quantitative estimate of drug-likeness (QED) is 0.697. The molecule has 0 fully saturated rings. The van der Waals surface area contributed by atoms with Crippen molar-refractivity contribution in [1.29, 1.82) is 0 Å². The van der Waals surface area contributed by atoms with E-state index >= 15 is 0 Å². The lowest BCUT2D eigenvalue weighted by atomic mass is 10.2. The van der Waals surface area contributed by atoms with E-state index in [2.05, 4.69) is 5.32 Å². The summed E-state index contributed by atoms with van der Waals surface area (Å²) in [6, 6.07) is 9.93. The third-order valence-electron chi connectivity index (χ3n) is 4.11. The molecule has 0 bridgehead atoms. The highest BCUT2D eigenvalue weighted by Crippen LogP contribution is 2.29. The number of anilines is 1. The van der Waals surface area contributed by atoms with Crippen molar-refractivity contribution in [3.63, 3.8) is 0 Å². The number of benzene rings is 2. The highest BCUT2D eigenvalue weighted by molar-refractivity contribution is 7.90. The molecule has 0 unspecified atom stereocenters. The monoisotopic (exact) mass is 436 g/mol. The Morgan fingerprint density at radius 2 is 1.90 bits per heavy atom. The Hall–Kier alpha value is -2.91. The lowest BCUT2D eigenvalue weighted by molar-refractivity contribution is -0.116. The molecule has 0 aromatic heterocycles. The van der Waals surface area contributed by atoms with Gasteiger partial charge in [-0.3, -0.25) is 9.59 Å². The van der Waals surface area contributed by atoms with Gasteiger partial charge in [0.1, 0.15) is 11.4 Å². The molecule has 0 saturated heterocycles. The highest BCUT2D eigenvalue weighted by atomic mass is 35.5. The maximum atomic E-state index is 12.5.